The van der Waals surface area contributed by atoms with Gasteiger partial charge in [-0.15, -0.1) is 11.3 Å². The fraction of sp³-hybridized carbons (Fsp3) is 0. The molecule has 250 valence electrons. The molecule has 0 aliphatic carbocycles. The number of hydrogen-bond donors (Lipinski definition) is 0. The van der Waals surface area contributed by atoms with Crippen LogP contribution in [0.3, 0.4) is 0 Å². The molecule has 6 nitrogen and oxygen atoms in total. The summed E-state index contributed by atoms with van der Waals surface area (Å²) in [5.74, 6) is 0.650. The molecule has 7 heteroatoms. The summed E-state index contributed by atoms with van der Waals surface area (Å²) in [4.78, 5) is 24.7. The summed E-state index contributed by atoms with van der Waals surface area (Å²) in [5, 5.41) is 10.7. The third-order valence-corrected chi connectivity index (χ3v) is 11.9. The summed E-state index contributed by atoms with van der Waals surface area (Å²) in [7, 11) is 0. The Balaban J connectivity index is 1.22. The highest BCUT2D eigenvalue weighted by Crippen LogP contribution is 2.49. The molecule has 12 aromatic rings. The Bertz CT molecular complexity index is 3510. The average Bonchev–Trinajstić information content (AvgIpc) is 3.79. The number of para-hydroxylation sites is 1. The zero-order chi connectivity index (χ0) is 35.3. The van der Waals surface area contributed by atoms with Gasteiger partial charge >= 0.3 is 0 Å². The number of aromatic nitrogens is 6. The van der Waals surface area contributed by atoms with Gasteiger partial charge in [0.25, 0.3) is 0 Å². The van der Waals surface area contributed by atoms with Crippen molar-refractivity contribution in [1.82, 2.24) is 29.5 Å². The monoisotopic (exact) mass is 706 g/mol. The van der Waals surface area contributed by atoms with Gasteiger partial charge in [-0.25, -0.2) is 15.0 Å². The van der Waals surface area contributed by atoms with Gasteiger partial charge in [0.15, 0.2) is 0 Å². The van der Waals surface area contributed by atoms with Gasteiger partial charge in [-0.05, 0) is 76.8 Å². The lowest BCUT2D eigenvalue weighted by atomic mass is 9.95. The highest BCUT2D eigenvalue weighted by molar-refractivity contribution is 7.27. The number of rotatable bonds is 3. The number of nitrogens with zero attached hydrogens (tertiary/aromatic N) is 6. The molecular formula is C47H26N6S. The molecule has 0 N–H and O–H groups in total. The van der Waals surface area contributed by atoms with Crippen LogP contribution in [0, 0.1) is 0 Å². The van der Waals surface area contributed by atoms with E-state index in [9.17, 15) is 0 Å². The first-order valence-corrected chi connectivity index (χ1v) is 18.7. The van der Waals surface area contributed by atoms with Crippen molar-refractivity contribution < 1.29 is 0 Å². The molecule has 0 radical (unpaired) electrons. The van der Waals surface area contributed by atoms with Crippen LogP contribution in [0.1, 0.15) is 0 Å². The molecule has 6 aromatic carbocycles. The molecule has 12 rings (SSSR count). The van der Waals surface area contributed by atoms with Crippen LogP contribution in [-0.4, -0.2) is 29.5 Å². The van der Waals surface area contributed by atoms with Gasteiger partial charge in [0.1, 0.15) is 0 Å². The van der Waals surface area contributed by atoms with Gasteiger partial charge in [-0.1, -0.05) is 78.9 Å². The van der Waals surface area contributed by atoms with Crippen molar-refractivity contribution in [1.29, 1.82) is 0 Å². The number of hydrogen-bond acceptors (Lipinski definition) is 6. The maximum atomic E-state index is 5.22. The quantitative estimate of drug-likeness (QED) is 0.171. The zero-order valence-electron chi connectivity index (χ0n) is 28.6. The summed E-state index contributed by atoms with van der Waals surface area (Å²) in [5.41, 5.74) is 8.69. The molecule has 0 atom stereocenters. The molecule has 0 bridgehead atoms. The van der Waals surface area contributed by atoms with E-state index in [0.717, 1.165) is 66.3 Å². The Hall–Kier alpha value is -7.09. The predicted molar refractivity (Wildman–Crippen MR) is 224 cm³/mol. The van der Waals surface area contributed by atoms with Crippen molar-refractivity contribution in [3.8, 4) is 28.5 Å². The molecule has 6 heterocycles. The number of thiophene rings is 1. The van der Waals surface area contributed by atoms with E-state index >= 15 is 0 Å². The Kier molecular flexibility index (Phi) is 6.12. The zero-order valence-corrected chi connectivity index (χ0v) is 29.4. The molecule has 0 saturated carbocycles. The second-order valence-electron chi connectivity index (χ2n) is 13.7. The van der Waals surface area contributed by atoms with Crippen molar-refractivity contribution >= 4 is 96.8 Å². The Morgan fingerprint density at radius 1 is 0.481 bits per heavy atom. The highest BCUT2D eigenvalue weighted by atomic mass is 32.1. The van der Waals surface area contributed by atoms with E-state index in [2.05, 4.69) is 101 Å². The maximum Gasteiger partial charge on any atom is 0.235 e. The van der Waals surface area contributed by atoms with Crippen LogP contribution in [0.4, 0.5) is 0 Å². The van der Waals surface area contributed by atoms with E-state index in [1.54, 1.807) is 6.20 Å². The van der Waals surface area contributed by atoms with Crippen molar-refractivity contribution in [2.24, 2.45) is 0 Å². The topological polar surface area (TPSA) is 69.4 Å². The van der Waals surface area contributed by atoms with E-state index in [1.807, 2.05) is 72.3 Å². The predicted octanol–water partition coefficient (Wildman–Crippen LogP) is 12.1. The third kappa shape index (κ3) is 4.18. The van der Waals surface area contributed by atoms with E-state index in [1.165, 1.54) is 41.7 Å². The van der Waals surface area contributed by atoms with Gasteiger partial charge in [-0.2, -0.15) is 0 Å². The van der Waals surface area contributed by atoms with Crippen LogP contribution in [-0.2, 0) is 0 Å². The molecule has 0 aliphatic rings. The minimum atomic E-state index is 0.650. The molecule has 54 heavy (non-hydrogen) atoms. The number of benzene rings is 6. The Labute approximate surface area is 311 Å². The van der Waals surface area contributed by atoms with Crippen LogP contribution < -0.4 is 0 Å². The molecule has 0 spiro atoms. The molecule has 0 fully saturated rings. The normalized spacial score (nSPS) is 12.1. The van der Waals surface area contributed by atoms with Crippen molar-refractivity contribution in [3.63, 3.8) is 0 Å². The minimum absolute atomic E-state index is 0.650. The standard InChI is InChI=1S/C47H26N6S/c1-2-10-27(11-3-1)36-20-23-50-47(52-36)53-40-17-7-6-14-32(40)42-29-12-4-5-13-31(29)46-43(45(42)53)35-26-33-28(25-41(35)54-46)24-34(44-30(33)15-8-22-49-44)37-18-19-38-39(51-37)16-9-21-48-38/h1-26H. The largest absolute Gasteiger partial charge is 0.277 e. The van der Waals surface area contributed by atoms with Crippen LogP contribution in [0.25, 0.3) is 114 Å². The van der Waals surface area contributed by atoms with Crippen molar-refractivity contribution in [3.05, 3.63) is 158 Å². The first-order chi connectivity index (χ1) is 26.8. The molecule has 0 amide bonds. The first-order valence-electron chi connectivity index (χ1n) is 17.9. The number of fused-ring (bicyclic) bond motifs is 14. The smallest absolute Gasteiger partial charge is 0.235 e. The summed E-state index contributed by atoms with van der Waals surface area (Å²) < 4.78 is 4.75. The summed E-state index contributed by atoms with van der Waals surface area (Å²) in [6.45, 7) is 0. The van der Waals surface area contributed by atoms with Gasteiger partial charge in [0.2, 0.25) is 5.95 Å². The average molecular weight is 707 g/mol. The van der Waals surface area contributed by atoms with E-state index < -0.39 is 0 Å². The third-order valence-electron chi connectivity index (χ3n) is 10.7. The summed E-state index contributed by atoms with van der Waals surface area (Å²) in [6, 6.07) is 49.0. The van der Waals surface area contributed by atoms with Crippen LogP contribution in [0.15, 0.2) is 158 Å². The molecular weight excluding hydrogens is 681 g/mol. The van der Waals surface area contributed by atoms with Gasteiger partial charge in [0, 0.05) is 71.4 Å². The molecule has 0 aliphatic heterocycles. The van der Waals surface area contributed by atoms with Crippen LogP contribution >= 0.6 is 11.3 Å². The first kappa shape index (κ1) is 29.5. The van der Waals surface area contributed by atoms with E-state index in [0.29, 0.717) is 5.95 Å². The fourth-order valence-corrected chi connectivity index (χ4v) is 9.65. The van der Waals surface area contributed by atoms with Gasteiger partial charge in [0.05, 0.1) is 39.0 Å². The van der Waals surface area contributed by atoms with E-state index in [-0.39, 0.29) is 0 Å². The van der Waals surface area contributed by atoms with Crippen molar-refractivity contribution in [2.45, 2.75) is 0 Å². The Morgan fingerprint density at radius 2 is 1.28 bits per heavy atom. The molecule has 0 unspecified atom stereocenters. The van der Waals surface area contributed by atoms with Crippen molar-refractivity contribution in [2.75, 3.05) is 0 Å². The number of pyridine rings is 3. The van der Waals surface area contributed by atoms with Gasteiger partial charge < -0.3 is 0 Å². The summed E-state index contributed by atoms with van der Waals surface area (Å²) in [6.07, 6.45) is 5.55. The minimum Gasteiger partial charge on any atom is -0.277 e. The Morgan fingerprint density at radius 3 is 2.20 bits per heavy atom. The highest BCUT2D eigenvalue weighted by Gasteiger charge is 2.24. The SMILES string of the molecule is c1ccc(-c2ccnc(-n3c4ccccc4c4c5ccccc5c5sc6cc7cc(-c8ccc9ncccc9n8)c8ncccc8c7cc6c5c43)n2)cc1. The lowest BCUT2D eigenvalue weighted by molar-refractivity contribution is 0.995. The maximum absolute atomic E-state index is 5.22. The second-order valence-corrected chi connectivity index (χ2v) is 14.7. The lowest BCUT2D eigenvalue weighted by Crippen LogP contribution is -2.02. The van der Waals surface area contributed by atoms with Crippen LogP contribution in [0.2, 0.25) is 0 Å². The second kappa shape index (κ2) is 11.2. The van der Waals surface area contributed by atoms with E-state index in [4.69, 9.17) is 19.9 Å². The van der Waals surface area contributed by atoms with Crippen LogP contribution in [0.5, 0.6) is 0 Å². The molecule has 6 aromatic heterocycles. The van der Waals surface area contributed by atoms with Gasteiger partial charge in [-0.3, -0.25) is 14.5 Å². The lowest BCUT2D eigenvalue weighted by Gasteiger charge is -2.12. The summed E-state index contributed by atoms with van der Waals surface area (Å²) >= 11 is 1.85. The molecule has 0 saturated heterocycles. The fourth-order valence-electron chi connectivity index (χ4n) is 8.38.